The molecule has 2 aromatic carbocycles. The van der Waals surface area contributed by atoms with Gasteiger partial charge in [0.25, 0.3) is 0 Å². The van der Waals surface area contributed by atoms with Gasteiger partial charge in [0.1, 0.15) is 0 Å². The summed E-state index contributed by atoms with van der Waals surface area (Å²) in [4.78, 5) is 2.06. The maximum atomic E-state index is 5.50. The van der Waals surface area contributed by atoms with E-state index in [2.05, 4.69) is 79.5 Å². The Balaban J connectivity index is 1.93. The van der Waals surface area contributed by atoms with Gasteiger partial charge in [-0.1, -0.05) is 57.2 Å². The lowest BCUT2D eigenvalue weighted by molar-refractivity contribution is 0.508. The van der Waals surface area contributed by atoms with Crippen LogP contribution in [-0.4, -0.2) is 17.1 Å². The van der Waals surface area contributed by atoms with Crippen molar-refractivity contribution in [3.8, 4) is 0 Å². The van der Waals surface area contributed by atoms with Gasteiger partial charge in [-0.2, -0.15) is 0 Å². The Bertz CT molecular complexity index is 630. The molecule has 2 aromatic rings. The van der Waals surface area contributed by atoms with Gasteiger partial charge in [-0.25, -0.2) is 0 Å². The van der Waals surface area contributed by atoms with Crippen molar-refractivity contribution >= 4 is 23.0 Å². The van der Waals surface area contributed by atoms with E-state index in [4.69, 9.17) is 12.2 Å². The fourth-order valence-corrected chi connectivity index (χ4v) is 2.58. The summed E-state index contributed by atoms with van der Waals surface area (Å²) in [6.07, 6.45) is 1.05. The van der Waals surface area contributed by atoms with E-state index in [9.17, 15) is 0 Å². The van der Waals surface area contributed by atoms with Crippen molar-refractivity contribution in [2.75, 3.05) is 12.4 Å². The number of benzene rings is 2. The van der Waals surface area contributed by atoms with E-state index < -0.39 is 0 Å². The number of nitrogens with one attached hydrogen (secondary N) is 1. The zero-order valence-electron chi connectivity index (χ0n) is 14.5. The highest BCUT2D eigenvalue weighted by Crippen LogP contribution is 2.16. The summed E-state index contributed by atoms with van der Waals surface area (Å²) in [6.45, 7) is 7.39. The number of anilines is 1. The molecule has 0 bridgehead atoms. The van der Waals surface area contributed by atoms with Crippen LogP contribution in [0, 0.1) is 0 Å². The van der Waals surface area contributed by atoms with Crippen molar-refractivity contribution in [3.05, 3.63) is 65.2 Å². The Morgan fingerprint density at radius 1 is 1.00 bits per heavy atom. The molecule has 0 fully saturated rings. The van der Waals surface area contributed by atoms with Crippen LogP contribution in [0.2, 0.25) is 0 Å². The van der Waals surface area contributed by atoms with Crippen LogP contribution < -0.4 is 5.32 Å². The molecule has 0 saturated heterocycles. The number of rotatable bonds is 5. The molecule has 1 N–H and O–H groups in total. The largest absolute Gasteiger partial charge is 0.348 e. The average molecular weight is 327 g/mol. The van der Waals surface area contributed by atoms with Crippen LogP contribution in [0.25, 0.3) is 0 Å². The van der Waals surface area contributed by atoms with Gasteiger partial charge in [0.2, 0.25) is 0 Å². The van der Waals surface area contributed by atoms with E-state index in [1.807, 2.05) is 7.05 Å². The lowest BCUT2D eigenvalue weighted by Gasteiger charge is -2.21. The molecule has 0 radical (unpaired) electrons. The molecule has 0 aliphatic heterocycles. The molecule has 0 amide bonds. The molecule has 0 saturated carbocycles. The first-order valence-electron chi connectivity index (χ1n) is 8.19. The van der Waals surface area contributed by atoms with E-state index in [1.54, 1.807) is 0 Å². The highest BCUT2D eigenvalue weighted by atomic mass is 32.1. The molecule has 23 heavy (non-hydrogen) atoms. The Labute approximate surface area is 145 Å². The molecule has 0 spiro atoms. The molecule has 0 aliphatic rings. The number of nitrogens with zero attached hydrogens (tertiary/aromatic N) is 1. The summed E-state index contributed by atoms with van der Waals surface area (Å²) >= 11 is 5.50. The SMILES string of the molecule is CCc1ccc(NC(=S)N(C)Cc2ccc(C(C)C)cc2)cc1. The second-order valence-electron chi connectivity index (χ2n) is 6.23. The predicted molar refractivity (Wildman–Crippen MR) is 104 cm³/mol. The van der Waals surface area contributed by atoms with Crippen molar-refractivity contribution in [3.63, 3.8) is 0 Å². The van der Waals surface area contributed by atoms with Gasteiger partial charge >= 0.3 is 0 Å². The van der Waals surface area contributed by atoms with Gasteiger partial charge < -0.3 is 10.2 Å². The predicted octanol–water partition coefficient (Wildman–Crippen LogP) is 5.20. The van der Waals surface area contributed by atoms with E-state index in [0.717, 1.165) is 23.8 Å². The molecule has 2 rings (SSSR count). The molecule has 0 atom stereocenters. The Kier molecular flexibility index (Phi) is 6.17. The van der Waals surface area contributed by atoms with Crippen LogP contribution in [0.5, 0.6) is 0 Å². The summed E-state index contributed by atoms with van der Waals surface area (Å²) in [7, 11) is 2.02. The van der Waals surface area contributed by atoms with E-state index in [0.29, 0.717) is 5.92 Å². The third-order valence-corrected chi connectivity index (χ3v) is 4.44. The number of aryl methyl sites for hydroxylation is 1. The normalized spacial score (nSPS) is 10.7. The second-order valence-corrected chi connectivity index (χ2v) is 6.62. The van der Waals surface area contributed by atoms with Crippen LogP contribution in [0.1, 0.15) is 43.4 Å². The van der Waals surface area contributed by atoms with Crippen molar-refractivity contribution in [1.29, 1.82) is 0 Å². The number of hydrogen-bond acceptors (Lipinski definition) is 1. The first kappa shape index (κ1) is 17.5. The first-order chi connectivity index (χ1) is 11.0. The minimum Gasteiger partial charge on any atom is -0.348 e. The summed E-state index contributed by atoms with van der Waals surface area (Å²) in [5, 5.41) is 4.04. The lowest BCUT2D eigenvalue weighted by atomic mass is 10.0. The van der Waals surface area contributed by atoms with Crippen LogP contribution in [0.15, 0.2) is 48.5 Å². The van der Waals surface area contributed by atoms with Crippen LogP contribution in [0.4, 0.5) is 5.69 Å². The molecule has 122 valence electrons. The molecule has 3 heteroatoms. The Hall–Kier alpha value is -1.87. The first-order valence-corrected chi connectivity index (χ1v) is 8.60. The zero-order chi connectivity index (χ0) is 16.8. The summed E-state index contributed by atoms with van der Waals surface area (Å²) in [6, 6.07) is 17.2. The quantitative estimate of drug-likeness (QED) is 0.760. The van der Waals surface area contributed by atoms with E-state index in [-0.39, 0.29) is 0 Å². The van der Waals surface area contributed by atoms with E-state index in [1.165, 1.54) is 16.7 Å². The van der Waals surface area contributed by atoms with Crippen LogP contribution in [0.3, 0.4) is 0 Å². The average Bonchev–Trinajstić information content (AvgIpc) is 2.56. The summed E-state index contributed by atoms with van der Waals surface area (Å²) in [5.74, 6) is 0.565. The molecule has 2 nitrogen and oxygen atoms in total. The maximum absolute atomic E-state index is 5.50. The topological polar surface area (TPSA) is 15.3 Å². The minimum absolute atomic E-state index is 0.565. The minimum atomic E-state index is 0.565. The highest BCUT2D eigenvalue weighted by Gasteiger charge is 2.06. The zero-order valence-corrected chi connectivity index (χ0v) is 15.3. The molecule has 0 unspecified atom stereocenters. The molecule has 0 aliphatic carbocycles. The van der Waals surface area contributed by atoms with Gasteiger partial charge in [-0.3, -0.25) is 0 Å². The lowest BCUT2D eigenvalue weighted by Crippen LogP contribution is -2.30. The van der Waals surface area contributed by atoms with Crippen molar-refractivity contribution < 1.29 is 0 Å². The van der Waals surface area contributed by atoms with E-state index >= 15 is 0 Å². The van der Waals surface area contributed by atoms with Crippen molar-refractivity contribution in [2.45, 2.75) is 39.7 Å². The van der Waals surface area contributed by atoms with Gasteiger partial charge in [-0.15, -0.1) is 0 Å². The number of thiocarbonyl (C=S) groups is 1. The monoisotopic (exact) mass is 326 g/mol. The molecule has 0 heterocycles. The third-order valence-electron chi connectivity index (χ3n) is 4.03. The summed E-state index contributed by atoms with van der Waals surface area (Å²) < 4.78 is 0. The standard InChI is InChI=1S/C20H26N2S/c1-5-16-8-12-19(13-9-16)21-20(23)22(4)14-17-6-10-18(11-7-17)15(2)3/h6-13,15H,5,14H2,1-4H3,(H,21,23). The fourth-order valence-electron chi connectivity index (χ4n) is 2.40. The van der Waals surface area contributed by atoms with Gasteiger partial charge in [0.05, 0.1) is 0 Å². The smallest absolute Gasteiger partial charge is 0.173 e. The van der Waals surface area contributed by atoms with Crippen molar-refractivity contribution in [2.24, 2.45) is 0 Å². The fraction of sp³-hybridized carbons (Fsp3) is 0.350. The van der Waals surface area contributed by atoms with Gasteiger partial charge in [0, 0.05) is 19.3 Å². The molecular weight excluding hydrogens is 300 g/mol. The van der Waals surface area contributed by atoms with Gasteiger partial charge in [0.15, 0.2) is 5.11 Å². The van der Waals surface area contributed by atoms with Crippen LogP contribution in [-0.2, 0) is 13.0 Å². The number of hydrogen-bond donors (Lipinski definition) is 1. The van der Waals surface area contributed by atoms with Crippen LogP contribution >= 0.6 is 12.2 Å². The molecular formula is C20H26N2S. The van der Waals surface area contributed by atoms with Gasteiger partial charge in [-0.05, 0) is 53.4 Å². The summed E-state index contributed by atoms with van der Waals surface area (Å²) in [5.41, 5.74) is 5.00. The van der Waals surface area contributed by atoms with Crippen molar-refractivity contribution in [1.82, 2.24) is 4.90 Å². The molecule has 0 aromatic heterocycles. The Morgan fingerprint density at radius 2 is 1.57 bits per heavy atom. The second kappa shape index (κ2) is 8.11. The maximum Gasteiger partial charge on any atom is 0.173 e. The third kappa shape index (κ3) is 5.07. The highest BCUT2D eigenvalue weighted by molar-refractivity contribution is 7.80. The Morgan fingerprint density at radius 3 is 2.09 bits per heavy atom.